The van der Waals surface area contributed by atoms with Gasteiger partial charge in [-0.3, -0.25) is 0 Å². The van der Waals surface area contributed by atoms with Gasteiger partial charge in [0.05, 0.1) is 26.4 Å². The third kappa shape index (κ3) is 2.57. The van der Waals surface area contributed by atoms with E-state index in [1.165, 1.54) is 6.42 Å². The zero-order valence-corrected chi connectivity index (χ0v) is 11.2. The normalized spacial score (nSPS) is 41.2. The second kappa shape index (κ2) is 5.45. The molecule has 3 aliphatic heterocycles. The minimum Gasteiger partial charge on any atom is -0.353 e. The van der Waals surface area contributed by atoms with E-state index in [1.54, 1.807) is 0 Å². The lowest BCUT2D eigenvalue weighted by Gasteiger charge is -2.29. The molecule has 3 aliphatic rings. The SMILES string of the molecule is CC1(CCCC2OCCCO2)COC2OCCC21. The molecule has 104 valence electrons. The fourth-order valence-electron chi connectivity index (χ4n) is 3.42. The van der Waals surface area contributed by atoms with Crippen molar-refractivity contribution in [3.63, 3.8) is 0 Å². The van der Waals surface area contributed by atoms with E-state index in [2.05, 4.69) is 6.92 Å². The molecule has 4 nitrogen and oxygen atoms in total. The van der Waals surface area contributed by atoms with Crippen molar-refractivity contribution in [3.05, 3.63) is 0 Å². The van der Waals surface area contributed by atoms with Crippen molar-refractivity contribution in [2.24, 2.45) is 11.3 Å². The van der Waals surface area contributed by atoms with Crippen LogP contribution in [0.3, 0.4) is 0 Å². The molecule has 0 aromatic carbocycles. The smallest absolute Gasteiger partial charge is 0.161 e. The van der Waals surface area contributed by atoms with Crippen LogP contribution < -0.4 is 0 Å². The first-order valence-electron chi connectivity index (χ1n) is 7.24. The van der Waals surface area contributed by atoms with Gasteiger partial charge in [0.25, 0.3) is 0 Å². The predicted octanol–water partition coefficient (Wildman–Crippen LogP) is 2.32. The topological polar surface area (TPSA) is 36.9 Å². The molecule has 3 atom stereocenters. The van der Waals surface area contributed by atoms with Gasteiger partial charge in [0.1, 0.15) is 0 Å². The molecule has 0 bridgehead atoms. The maximum atomic E-state index is 5.75. The van der Waals surface area contributed by atoms with Crippen molar-refractivity contribution < 1.29 is 18.9 Å². The Morgan fingerprint density at radius 2 is 1.89 bits per heavy atom. The van der Waals surface area contributed by atoms with Crippen molar-refractivity contribution in [2.45, 2.75) is 51.6 Å². The summed E-state index contributed by atoms with van der Waals surface area (Å²) in [7, 11) is 0. The Bertz CT molecular complexity index is 277. The molecule has 0 saturated carbocycles. The number of rotatable bonds is 4. The second-order valence-electron chi connectivity index (χ2n) is 6.02. The Hall–Kier alpha value is -0.160. The van der Waals surface area contributed by atoms with Crippen molar-refractivity contribution in [2.75, 3.05) is 26.4 Å². The highest BCUT2D eigenvalue weighted by atomic mass is 16.7. The zero-order valence-electron chi connectivity index (χ0n) is 11.2. The molecule has 3 fully saturated rings. The van der Waals surface area contributed by atoms with Crippen molar-refractivity contribution in [3.8, 4) is 0 Å². The third-order valence-corrected chi connectivity index (χ3v) is 4.60. The lowest BCUT2D eigenvalue weighted by Crippen LogP contribution is -2.28. The van der Waals surface area contributed by atoms with Gasteiger partial charge >= 0.3 is 0 Å². The molecule has 3 saturated heterocycles. The molecule has 0 aliphatic carbocycles. The lowest BCUT2D eigenvalue weighted by atomic mass is 9.75. The average molecular weight is 256 g/mol. The largest absolute Gasteiger partial charge is 0.353 e. The van der Waals surface area contributed by atoms with Gasteiger partial charge < -0.3 is 18.9 Å². The summed E-state index contributed by atoms with van der Waals surface area (Å²) < 4.78 is 22.5. The van der Waals surface area contributed by atoms with Gasteiger partial charge in [0, 0.05) is 5.92 Å². The molecule has 3 rings (SSSR count). The average Bonchev–Trinajstić information content (AvgIpc) is 2.96. The minimum absolute atomic E-state index is 0.0281. The highest BCUT2D eigenvalue weighted by molar-refractivity contribution is 4.92. The van der Waals surface area contributed by atoms with Crippen LogP contribution in [0.25, 0.3) is 0 Å². The Kier molecular flexibility index (Phi) is 3.89. The van der Waals surface area contributed by atoms with Crippen LogP contribution in [0.2, 0.25) is 0 Å². The molecular weight excluding hydrogens is 232 g/mol. The van der Waals surface area contributed by atoms with Crippen LogP contribution in [-0.4, -0.2) is 39.0 Å². The Morgan fingerprint density at radius 1 is 1.06 bits per heavy atom. The predicted molar refractivity (Wildman–Crippen MR) is 66.1 cm³/mol. The van der Waals surface area contributed by atoms with E-state index in [0.29, 0.717) is 5.92 Å². The highest BCUT2D eigenvalue weighted by Gasteiger charge is 2.49. The first-order chi connectivity index (χ1) is 8.78. The molecule has 0 amide bonds. The summed E-state index contributed by atoms with van der Waals surface area (Å²) in [4.78, 5) is 0. The summed E-state index contributed by atoms with van der Waals surface area (Å²) in [6.45, 7) is 5.75. The van der Waals surface area contributed by atoms with Gasteiger partial charge in [0.2, 0.25) is 0 Å². The molecule has 3 unspecified atom stereocenters. The van der Waals surface area contributed by atoms with Crippen LogP contribution in [0.15, 0.2) is 0 Å². The second-order valence-corrected chi connectivity index (χ2v) is 6.02. The number of ether oxygens (including phenoxy) is 4. The number of hydrogen-bond donors (Lipinski definition) is 0. The third-order valence-electron chi connectivity index (χ3n) is 4.60. The van der Waals surface area contributed by atoms with Gasteiger partial charge in [-0.2, -0.15) is 0 Å². The molecule has 0 aromatic rings. The Morgan fingerprint density at radius 3 is 2.72 bits per heavy atom. The van der Waals surface area contributed by atoms with E-state index in [0.717, 1.165) is 52.1 Å². The summed E-state index contributed by atoms with van der Waals surface area (Å²) in [6, 6.07) is 0. The first-order valence-corrected chi connectivity index (χ1v) is 7.24. The minimum atomic E-state index is 0.0281. The monoisotopic (exact) mass is 256 g/mol. The van der Waals surface area contributed by atoms with Crippen LogP contribution in [0, 0.1) is 11.3 Å². The Balaban J connectivity index is 1.44. The molecule has 4 heteroatoms. The first kappa shape index (κ1) is 12.9. The summed E-state index contributed by atoms with van der Waals surface area (Å²) >= 11 is 0. The van der Waals surface area contributed by atoms with E-state index in [1.807, 2.05) is 0 Å². The molecule has 0 radical (unpaired) electrons. The molecular formula is C14H24O4. The highest BCUT2D eigenvalue weighted by Crippen LogP contribution is 2.47. The van der Waals surface area contributed by atoms with E-state index in [4.69, 9.17) is 18.9 Å². The van der Waals surface area contributed by atoms with Gasteiger partial charge in [-0.05, 0) is 37.5 Å². The standard InChI is InChI=1S/C14H24O4/c1-14(10-18-13-11(14)5-9-17-13)6-2-4-12-15-7-3-8-16-12/h11-13H,2-10H2,1H3. The quantitative estimate of drug-likeness (QED) is 0.773. The molecule has 0 aromatic heterocycles. The zero-order chi connectivity index (χ0) is 12.4. The van der Waals surface area contributed by atoms with Gasteiger partial charge in [-0.1, -0.05) is 6.92 Å². The van der Waals surface area contributed by atoms with Gasteiger partial charge in [0.15, 0.2) is 12.6 Å². The fourth-order valence-corrected chi connectivity index (χ4v) is 3.42. The molecule has 18 heavy (non-hydrogen) atoms. The molecule has 0 N–H and O–H groups in total. The van der Waals surface area contributed by atoms with Gasteiger partial charge in [-0.15, -0.1) is 0 Å². The van der Waals surface area contributed by atoms with E-state index < -0.39 is 0 Å². The van der Waals surface area contributed by atoms with Crippen LogP contribution in [0.1, 0.15) is 39.0 Å². The van der Waals surface area contributed by atoms with E-state index in [9.17, 15) is 0 Å². The van der Waals surface area contributed by atoms with Crippen LogP contribution in [0.4, 0.5) is 0 Å². The van der Waals surface area contributed by atoms with E-state index in [-0.39, 0.29) is 18.0 Å². The fraction of sp³-hybridized carbons (Fsp3) is 1.00. The van der Waals surface area contributed by atoms with Crippen molar-refractivity contribution in [1.29, 1.82) is 0 Å². The summed E-state index contributed by atoms with van der Waals surface area (Å²) in [5.41, 5.74) is 0.288. The lowest BCUT2D eigenvalue weighted by molar-refractivity contribution is -0.182. The van der Waals surface area contributed by atoms with E-state index >= 15 is 0 Å². The number of hydrogen-bond acceptors (Lipinski definition) is 4. The number of fused-ring (bicyclic) bond motifs is 1. The molecule has 3 heterocycles. The van der Waals surface area contributed by atoms with Crippen LogP contribution in [-0.2, 0) is 18.9 Å². The van der Waals surface area contributed by atoms with Gasteiger partial charge in [-0.25, -0.2) is 0 Å². The molecule has 0 spiro atoms. The van der Waals surface area contributed by atoms with Crippen LogP contribution in [0.5, 0.6) is 0 Å². The Labute approximate surface area is 109 Å². The maximum absolute atomic E-state index is 5.75. The maximum Gasteiger partial charge on any atom is 0.161 e. The van der Waals surface area contributed by atoms with Crippen molar-refractivity contribution >= 4 is 0 Å². The van der Waals surface area contributed by atoms with Crippen LogP contribution >= 0.6 is 0 Å². The summed E-state index contributed by atoms with van der Waals surface area (Å²) in [6.07, 6.45) is 5.61. The summed E-state index contributed by atoms with van der Waals surface area (Å²) in [5.74, 6) is 0.589. The summed E-state index contributed by atoms with van der Waals surface area (Å²) in [5, 5.41) is 0. The van der Waals surface area contributed by atoms with Crippen molar-refractivity contribution in [1.82, 2.24) is 0 Å².